The number of aryl methyl sites for hydroxylation is 1. The average Bonchev–Trinajstić information content (AvgIpc) is 3.08. The molecule has 25 heavy (non-hydrogen) atoms. The largest absolute Gasteiger partial charge is 0.306 e. The average molecular weight is 362 g/mol. The Hall–Kier alpha value is -2.54. The Morgan fingerprint density at radius 1 is 1.48 bits per heavy atom. The van der Waals surface area contributed by atoms with Gasteiger partial charge in [-0.15, -0.1) is 0 Å². The van der Waals surface area contributed by atoms with Crippen LogP contribution in [-0.4, -0.2) is 35.4 Å². The number of rotatable bonds is 7. The van der Waals surface area contributed by atoms with Crippen LogP contribution in [0, 0.1) is 16.7 Å². The van der Waals surface area contributed by atoms with Gasteiger partial charge in [-0.2, -0.15) is 10.4 Å². The molecular formula is C16H18N4O4S. The van der Waals surface area contributed by atoms with Crippen LogP contribution in [0.1, 0.15) is 18.9 Å². The fourth-order valence-electron chi connectivity index (χ4n) is 2.42. The van der Waals surface area contributed by atoms with Gasteiger partial charge in [0.25, 0.3) is 0 Å². The number of nitriles is 1. The van der Waals surface area contributed by atoms with Crippen LogP contribution in [0.3, 0.4) is 0 Å². The maximum atomic E-state index is 11.8. The molecule has 0 saturated carbocycles. The van der Waals surface area contributed by atoms with Crippen LogP contribution < -0.4 is 5.48 Å². The van der Waals surface area contributed by atoms with Crippen molar-refractivity contribution in [1.82, 2.24) is 15.3 Å². The third kappa shape index (κ3) is 4.73. The van der Waals surface area contributed by atoms with Crippen molar-refractivity contribution in [3.05, 3.63) is 42.2 Å². The van der Waals surface area contributed by atoms with Crippen LogP contribution in [0.2, 0.25) is 0 Å². The number of hydroxylamine groups is 1. The summed E-state index contributed by atoms with van der Waals surface area (Å²) in [4.78, 5) is 11.8. The molecule has 2 aromatic rings. The minimum absolute atomic E-state index is 0.213. The van der Waals surface area contributed by atoms with Crippen molar-refractivity contribution in [3.63, 3.8) is 0 Å². The third-order valence-electron chi connectivity index (χ3n) is 3.94. The van der Waals surface area contributed by atoms with Crippen LogP contribution in [0.25, 0.3) is 11.1 Å². The molecule has 3 N–H and O–H groups in total. The molecule has 2 rings (SSSR count). The number of nitrogens with zero attached hydrogens (tertiary/aromatic N) is 3. The van der Waals surface area contributed by atoms with Crippen molar-refractivity contribution in [2.45, 2.75) is 19.9 Å². The molecule has 0 radical (unpaired) electrons. The highest BCUT2D eigenvalue weighted by Gasteiger charge is 2.35. The second-order valence-corrected chi connectivity index (χ2v) is 6.83. The molecule has 0 spiro atoms. The van der Waals surface area contributed by atoms with E-state index in [2.05, 4.69) is 11.2 Å². The summed E-state index contributed by atoms with van der Waals surface area (Å²) in [5.74, 6) is -1.01. The first-order chi connectivity index (χ1) is 11.9. The molecule has 0 fully saturated rings. The van der Waals surface area contributed by atoms with Crippen molar-refractivity contribution in [1.29, 1.82) is 5.26 Å². The lowest BCUT2D eigenvalue weighted by Gasteiger charge is -2.25. The van der Waals surface area contributed by atoms with E-state index >= 15 is 0 Å². The quantitative estimate of drug-likeness (QED) is 0.389. The smallest absolute Gasteiger partial charge is 0.250 e. The number of aromatic nitrogens is 2. The van der Waals surface area contributed by atoms with Gasteiger partial charge in [-0.05, 0) is 31.0 Å². The van der Waals surface area contributed by atoms with Gasteiger partial charge in [0.05, 0.1) is 29.0 Å². The molecule has 132 valence electrons. The minimum Gasteiger partial charge on any atom is -0.306 e. The predicted octanol–water partition coefficient (Wildman–Crippen LogP) is 1.55. The molecule has 1 aromatic carbocycles. The standard InChI is InChI=1S/C16H18N4O4S/c1-16(11-25(23)24,15(21)19-22)5-6-20-10-14(9-18-20)13-4-2-3-12(7-13)8-17/h2-4,7,9-10,22H,5-6,11H2,1H3,(H,19,21)(H,23,24). The summed E-state index contributed by atoms with van der Waals surface area (Å²) in [6.07, 6.45) is 3.62. The minimum atomic E-state index is -2.18. The second-order valence-electron chi connectivity index (χ2n) is 5.90. The Kier molecular flexibility index (Phi) is 6.03. The van der Waals surface area contributed by atoms with E-state index in [-0.39, 0.29) is 12.2 Å². The van der Waals surface area contributed by atoms with E-state index in [1.54, 1.807) is 40.8 Å². The first-order valence-corrected chi connectivity index (χ1v) is 8.70. The van der Waals surface area contributed by atoms with E-state index in [4.69, 9.17) is 15.0 Å². The van der Waals surface area contributed by atoms with Gasteiger partial charge in [-0.1, -0.05) is 12.1 Å². The summed E-state index contributed by atoms with van der Waals surface area (Å²) < 4.78 is 21.8. The monoisotopic (exact) mass is 362 g/mol. The molecule has 0 aliphatic heterocycles. The first kappa shape index (κ1) is 18.8. The first-order valence-electron chi connectivity index (χ1n) is 7.43. The van der Waals surface area contributed by atoms with Crippen molar-refractivity contribution in [2.75, 3.05) is 5.75 Å². The van der Waals surface area contributed by atoms with Crippen LogP contribution in [0.4, 0.5) is 0 Å². The van der Waals surface area contributed by atoms with E-state index in [9.17, 15) is 9.00 Å². The lowest BCUT2D eigenvalue weighted by atomic mass is 9.88. The van der Waals surface area contributed by atoms with Crippen molar-refractivity contribution < 1.29 is 18.8 Å². The van der Waals surface area contributed by atoms with E-state index in [0.717, 1.165) is 11.1 Å². The summed E-state index contributed by atoms with van der Waals surface area (Å²) >= 11 is -2.18. The molecule has 2 atom stereocenters. The number of hydrogen-bond donors (Lipinski definition) is 3. The topological polar surface area (TPSA) is 128 Å². The Morgan fingerprint density at radius 2 is 2.24 bits per heavy atom. The summed E-state index contributed by atoms with van der Waals surface area (Å²) in [5.41, 5.74) is 2.54. The highest BCUT2D eigenvalue weighted by atomic mass is 32.2. The lowest BCUT2D eigenvalue weighted by Crippen LogP contribution is -2.42. The molecule has 2 unspecified atom stereocenters. The normalized spacial score (nSPS) is 14.3. The number of carbonyl (C=O) groups is 1. The van der Waals surface area contributed by atoms with Gasteiger partial charge in [0, 0.05) is 18.3 Å². The fraction of sp³-hybridized carbons (Fsp3) is 0.312. The maximum absolute atomic E-state index is 11.8. The molecule has 8 nitrogen and oxygen atoms in total. The third-order valence-corrected chi connectivity index (χ3v) is 4.83. The van der Waals surface area contributed by atoms with Gasteiger partial charge in [0.2, 0.25) is 5.91 Å². The molecule has 1 heterocycles. The Morgan fingerprint density at radius 3 is 2.88 bits per heavy atom. The van der Waals surface area contributed by atoms with Crippen molar-refractivity contribution >= 4 is 17.0 Å². The number of nitrogens with one attached hydrogen (secondary N) is 1. The zero-order valence-corrected chi connectivity index (χ0v) is 14.4. The number of amides is 1. The zero-order valence-electron chi connectivity index (χ0n) is 13.5. The second kappa shape index (κ2) is 8.02. The van der Waals surface area contributed by atoms with Crippen LogP contribution in [0.5, 0.6) is 0 Å². The van der Waals surface area contributed by atoms with Crippen LogP contribution in [0.15, 0.2) is 36.7 Å². The summed E-state index contributed by atoms with van der Waals surface area (Å²) in [6, 6.07) is 9.18. The Bertz CT molecular complexity index is 830. The summed E-state index contributed by atoms with van der Waals surface area (Å²) in [5, 5.41) is 22.0. The van der Waals surface area contributed by atoms with E-state index in [0.29, 0.717) is 12.1 Å². The molecule has 0 aliphatic carbocycles. The predicted molar refractivity (Wildman–Crippen MR) is 90.7 cm³/mol. The maximum Gasteiger partial charge on any atom is 0.250 e. The van der Waals surface area contributed by atoms with Crippen molar-refractivity contribution in [2.24, 2.45) is 5.41 Å². The summed E-state index contributed by atoms with van der Waals surface area (Å²) in [6.45, 7) is 1.83. The molecule has 0 aliphatic rings. The van der Waals surface area contributed by atoms with Gasteiger partial charge in [0.1, 0.15) is 0 Å². The van der Waals surface area contributed by atoms with Gasteiger partial charge >= 0.3 is 0 Å². The molecule has 1 aromatic heterocycles. The SMILES string of the molecule is CC(CCn1cc(-c2cccc(C#N)c2)cn1)(CS(=O)O)C(=O)NO. The number of hydrogen-bond acceptors (Lipinski definition) is 5. The zero-order chi connectivity index (χ0) is 18.4. The molecule has 0 bridgehead atoms. The van der Waals surface area contributed by atoms with E-state index in [1.807, 2.05) is 6.07 Å². The Balaban J connectivity index is 2.13. The molecule has 9 heteroatoms. The number of carbonyl (C=O) groups excluding carboxylic acids is 1. The van der Waals surface area contributed by atoms with E-state index in [1.165, 1.54) is 6.92 Å². The molecule has 0 saturated heterocycles. The highest BCUT2D eigenvalue weighted by Crippen LogP contribution is 2.25. The Labute approximate surface area is 147 Å². The van der Waals surface area contributed by atoms with Gasteiger partial charge in [-0.25, -0.2) is 9.69 Å². The molecule has 1 amide bonds. The van der Waals surface area contributed by atoms with Crippen LogP contribution in [-0.2, 0) is 22.4 Å². The van der Waals surface area contributed by atoms with E-state index < -0.39 is 22.4 Å². The molecular weight excluding hydrogens is 344 g/mol. The van der Waals surface area contributed by atoms with Gasteiger partial charge in [-0.3, -0.25) is 14.7 Å². The fourth-order valence-corrected chi connectivity index (χ4v) is 3.24. The van der Waals surface area contributed by atoms with Gasteiger partial charge < -0.3 is 4.55 Å². The van der Waals surface area contributed by atoms with Crippen molar-refractivity contribution in [3.8, 4) is 17.2 Å². The lowest BCUT2D eigenvalue weighted by molar-refractivity contribution is -0.138. The van der Waals surface area contributed by atoms with Crippen LogP contribution >= 0.6 is 0 Å². The summed E-state index contributed by atoms with van der Waals surface area (Å²) in [7, 11) is 0. The highest BCUT2D eigenvalue weighted by molar-refractivity contribution is 7.79. The number of benzene rings is 1. The van der Waals surface area contributed by atoms with Gasteiger partial charge in [0.15, 0.2) is 11.1 Å².